The molecular weight excluding hydrogens is 170 g/mol. The average molecular weight is 189 g/mol. The second-order valence-electron chi connectivity index (χ2n) is 2.65. The zero-order valence-electron chi connectivity index (χ0n) is 8.21. The summed E-state index contributed by atoms with van der Waals surface area (Å²) in [5, 5.41) is 0. The molecule has 72 valence electrons. The Kier molecular flexibility index (Phi) is 7.05. The first-order valence-corrected chi connectivity index (χ1v) is 5.61. The van der Waals surface area contributed by atoms with Gasteiger partial charge in [-0.2, -0.15) is 11.8 Å². The predicted octanol–water partition coefficient (Wildman–Crippen LogP) is 1.01. The van der Waals surface area contributed by atoms with Gasteiger partial charge in [0.25, 0.3) is 0 Å². The Bertz CT molecular complexity index is 136. The monoisotopic (exact) mass is 189 g/mol. The van der Waals surface area contributed by atoms with Crippen molar-refractivity contribution in [1.82, 2.24) is 4.90 Å². The van der Waals surface area contributed by atoms with Gasteiger partial charge in [-0.05, 0) is 12.7 Å². The van der Waals surface area contributed by atoms with E-state index in [1.54, 1.807) is 0 Å². The van der Waals surface area contributed by atoms with E-state index in [0.717, 1.165) is 25.3 Å². The quantitative estimate of drug-likeness (QED) is 0.518. The van der Waals surface area contributed by atoms with Crippen molar-refractivity contribution in [2.45, 2.75) is 13.3 Å². The van der Waals surface area contributed by atoms with E-state index in [0.29, 0.717) is 5.96 Å². The Morgan fingerprint density at radius 3 is 2.75 bits per heavy atom. The van der Waals surface area contributed by atoms with E-state index in [9.17, 15) is 0 Å². The first-order valence-electron chi connectivity index (χ1n) is 4.22. The number of nitrogens with zero attached hydrogens (tertiary/aromatic N) is 2. The van der Waals surface area contributed by atoms with Gasteiger partial charge in [0.15, 0.2) is 5.96 Å². The van der Waals surface area contributed by atoms with Gasteiger partial charge in [-0.3, -0.25) is 4.99 Å². The molecule has 12 heavy (non-hydrogen) atoms. The van der Waals surface area contributed by atoms with Crippen LogP contribution in [0, 0.1) is 0 Å². The lowest BCUT2D eigenvalue weighted by Gasteiger charge is -2.16. The van der Waals surface area contributed by atoms with Crippen LogP contribution in [0.25, 0.3) is 0 Å². The molecule has 0 fully saturated rings. The predicted molar refractivity (Wildman–Crippen MR) is 57.8 cm³/mol. The molecule has 0 aromatic carbocycles. The largest absolute Gasteiger partial charge is 0.370 e. The number of guanidine groups is 1. The molecule has 0 unspecified atom stereocenters. The van der Waals surface area contributed by atoms with E-state index >= 15 is 0 Å². The number of rotatable bonds is 5. The summed E-state index contributed by atoms with van der Waals surface area (Å²) in [6.07, 6.45) is 3.14. The van der Waals surface area contributed by atoms with Crippen molar-refractivity contribution in [3.63, 3.8) is 0 Å². The molecular formula is C8H19N3S. The third kappa shape index (κ3) is 5.29. The van der Waals surface area contributed by atoms with Crippen molar-refractivity contribution in [2.75, 3.05) is 32.1 Å². The third-order valence-corrected chi connectivity index (χ3v) is 2.11. The highest BCUT2D eigenvalue weighted by atomic mass is 32.2. The summed E-state index contributed by atoms with van der Waals surface area (Å²) < 4.78 is 0. The minimum absolute atomic E-state index is 0.658. The fourth-order valence-electron chi connectivity index (χ4n) is 0.690. The fraction of sp³-hybridized carbons (Fsp3) is 0.875. The smallest absolute Gasteiger partial charge is 0.191 e. The number of thioether (sulfide) groups is 1. The van der Waals surface area contributed by atoms with Crippen LogP contribution in [-0.2, 0) is 0 Å². The SMILES string of the molecule is CCCN=C(N)N(C)CCSC. The molecule has 3 nitrogen and oxygen atoms in total. The molecule has 0 atom stereocenters. The van der Waals surface area contributed by atoms with Gasteiger partial charge in [-0.25, -0.2) is 0 Å². The van der Waals surface area contributed by atoms with E-state index < -0.39 is 0 Å². The summed E-state index contributed by atoms with van der Waals surface area (Å²) >= 11 is 1.82. The molecule has 4 heteroatoms. The molecule has 0 aliphatic rings. The molecule has 0 saturated heterocycles. The van der Waals surface area contributed by atoms with Crippen molar-refractivity contribution in [2.24, 2.45) is 10.7 Å². The zero-order valence-corrected chi connectivity index (χ0v) is 9.02. The minimum Gasteiger partial charge on any atom is -0.370 e. The normalized spacial score (nSPS) is 11.8. The molecule has 0 aliphatic heterocycles. The lowest BCUT2D eigenvalue weighted by Crippen LogP contribution is -2.35. The Morgan fingerprint density at radius 2 is 2.25 bits per heavy atom. The molecule has 0 aromatic heterocycles. The Hall–Kier alpha value is -0.380. The van der Waals surface area contributed by atoms with Crippen molar-refractivity contribution >= 4 is 17.7 Å². The van der Waals surface area contributed by atoms with Gasteiger partial charge in [-0.15, -0.1) is 0 Å². The molecule has 0 saturated carbocycles. The number of nitrogens with two attached hydrogens (primary N) is 1. The summed E-state index contributed by atoms with van der Waals surface area (Å²) in [5.41, 5.74) is 5.71. The van der Waals surface area contributed by atoms with Gasteiger partial charge in [0.2, 0.25) is 0 Å². The summed E-state index contributed by atoms with van der Waals surface area (Å²) in [5.74, 6) is 1.75. The molecule has 0 aliphatic carbocycles. The van der Waals surface area contributed by atoms with Gasteiger partial charge in [-0.1, -0.05) is 6.92 Å². The molecule has 0 amide bonds. The lowest BCUT2D eigenvalue weighted by atomic mass is 10.5. The number of aliphatic imine (C=N–C) groups is 1. The molecule has 0 bridgehead atoms. The lowest BCUT2D eigenvalue weighted by molar-refractivity contribution is 0.530. The van der Waals surface area contributed by atoms with Gasteiger partial charge in [0.05, 0.1) is 0 Å². The van der Waals surface area contributed by atoms with Crippen molar-refractivity contribution < 1.29 is 0 Å². The highest BCUT2D eigenvalue weighted by molar-refractivity contribution is 7.98. The summed E-state index contributed by atoms with van der Waals surface area (Å²) in [7, 11) is 1.98. The van der Waals surface area contributed by atoms with E-state index in [4.69, 9.17) is 5.73 Å². The number of hydrogen-bond donors (Lipinski definition) is 1. The molecule has 0 spiro atoms. The summed E-state index contributed by atoms with van der Waals surface area (Å²) in [6, 6.07) is 0. The maximum atomic E-state index is 5.71. The third-order valence-electron chi connectivity index (χ3n) is 1.52. The highest BCUT2D eigenvalue weighted by Crippen LogP contribution is 1.93. The first kappa shape index (κ1) is 11.6. The second-order valence-corrected chi connectivity index (χ2v) is 3.64. The Morgan fingerprint density at radius 1 is 1.58 bits per heavy atom. The fourth-order valence-corrected chi connectivity index (χ4v) is 1.15. The molecule has 0 rings (SSSR count). The standard InChI is InChI=1S/C8H19N3S/c1-4-5-10-8(9)11(2)6-7-12-3/h4-7H2,1-3H3,(H2,9,10). The maximum Gasteiger partial charge on any atom is 0.191 e. The van der Waals surface area contributed by atoms with Crippen LogP contribution in [0.3, 0.4) is 0 Å². The van der Waals surface area contributed by atoms with Crippen molar-refractivity contribution in [1.29, 1.82) is 0 Å². The van der Waals surface area contributed by atoms with Gasteiger partial charge in [0, 0.05) is 25.9 Å². The van der Waals surface area contributed by atoms with Crippen LogP contribution in [0.2, 0.25) is 0 Å². The van der Waals surface area contributed by atoms with E-state index in [1.807, 2.05) is 23.7 Å². The summed E-state index contributed by atoms with van der Waals surface area (Å²) in [4.78, 5) is 6.20. The van der Waals surface area contributed by atoms with Gasteiger partial charge in [0.1, 0.15) is 0 Å². The van der Waals surface area contributed by atoms with Crippen LogP contribution in [0.5, 0.6) is 0 Å². The second kappa shape index (κ2) is 7.28. The number of hydrogen-bond acceptors (Lipinski definition) is 2. The first-order chi connectivity index (χ1) is 5.72. The van der Waals surface area contributed by atoms with Gasteiger partial charge >= 0.3 is 0 Å². The highest BCUT2D eigenvalue weighted by Gasteiger charge is 1.98. The maximum absolute atomic E-state index is 5.71. The van der Waals surface area contributed by atoms with Crippen molar-refractivity contribution in [3.05, 3.63) is 0 Å². The van der Waals surface area contributed by atoms with Crippen LogP contribution in [-0.4, -0.2) is 43.0 Å². The Labute approximate surface area is 79.4 Å². The molecule has 0 heterocycles. The van der Waals surface area contributed by atoms with E-state index in [-0.39, 0.29) is 0 Å². The van der Waals surface area contributed by atoms with Gasteiger partial charge < -0.3 is 10.6 Å². The molecule has 0 aromatic rings. The van der Waals surface area contributed by atoms with Crippen molar-refractivity contribution in [3.8, 4) is 0 Å². The van der Waals surface area contributed by atoms with Crippen LogP contribution in [0.1, 0.15) is 13.3 Å². The van der Waals surface area contributed by atoms with E-state index in [2.05, 4.69) is 18.2 Å². The van der Waals surface area contributed by atoms with Crippen LogP contribution >= 0.6 is 11.8 Å². The summed E-state index contributed by atoms with van der Waals surface area (Å²) in [6.45, 7) is 3.90. The topological polar surface area (TPSA) is 41.6 Å². The van der Waals surface area contributed by atoms with E-state index in [1.165, 1.54) is 0 Å². The van der Waals surface area contributed by atoms with Crippen LogP contribution in [0.15, 0.2) is 4.99 Å². The average Bonchev–Trinajstić information content (AvgIpc) is 2.10. The zero-order chi connectivity index (χ0) is 9.40. The minimum atomic E-state index is 0.658. The Balaban J connectivity index is 3.66. The van der Waals surface area contributed by atoms with Crippen LogP contribution in [0.4, 0.5) is 0 Å². The molecule has 0 radical (unpaired) electrons. The molecule has 2 N–H and O–H groups in total. The van der Waals surface area contributed by atoms with Crippen LogP contribution < -0.4 is 5.73 Å².